The second-order valence-electron chi connectivity index (χ2n) is 9.27. The van der Waals surface area contributed by atoms with Crippen molar-refractivity contribution in [1.82, 2.24) is 19.4 Å². The first kappa shape index (κ1) is 29.4. The van der Waals surface area contributed by atoms with Gasteiger partial charge in [-0.3, -0.25) is 14.2 Å². The Hall–Kier alpha value is -6.11. The van der Waals surface area contributed by atoms with Crippen LogP contribution in [0, 0.1) is 17.0 Å². The minimum Gasteiger partial charge on any atom is -0.452 e. The zero-order chi connectivity index (χ0) is 31.2. The van der Waals surface area contributed by atoms with Crippen LogP contribution < -0.4 is 31.9 Å². The Labute approximate surface area is 249 Å². The summed E-state index contributed by atoms with van der Waals surface area (Å²) in [4.78, 5) is 43.4. The highest BCUT2D eigenvalue weighted by atomic mass is 19.1. The minimum atomic E-state index is -0.922. The summed E-state index contributed by atoms with van der Waals surface area (Å²) in [7, 11) is 0. The van der Waals surface area contributed by atoms with Gasteiger partial charge in [0.15, 0.2) is 17.3 Å². The van der Waals surface area contributed by atoms with Crippen LogP contribution in [0.15, 0.2) is 118 Å². The molecule has 13 heteroatoms. The lowest BCUT2D eigenvalue weighted by molar-refractivity contribution is 0.102. The van der Waals surface area contributed by atoms with Crippen LogP contribution in [0.25, 0.3) is 5.69 Å². The van der Waals surface area contributed by atoms with Gasteiger partial charge in [0, 0.05) is 49.2 Å². The number of ether oxygens (including phenoxy) is 1. The van der Waals surface area contributed by atoms with Crippen LogP contribution in [0.1, 0.15) is 17.3 Å². The molecule has 0 saturated carbocycles. The number of anilines is 2. The molecule has 1 amide bonds. The molecule has 0 radical (unpaired) electrons. The number of benzene rings is 2. The summed E-state index contributed by atoms with van der Waals surface area (Å²) in [5.74, 6) is -1.67. The SMILES string of the molecule is CCn1cc(C(=O)Nc2ccc(OC3=CC(Nc4ccccn4)=CN/C3=C\C=N)c(F)c2)c(=O)n(-c2ccc(F)cc2)c1=O. The molecule has 11 nitrogen and oxygen atoms in total. The number of nitrogens with one attached hydrogen (secondary N) is 4. The molecule has 1 aliphatic heterocycles. The number of nitrogens with zero attached hydrogens (tertiary/aromatic N) is 3. The van der Waals surface area contributed by atoms with E-state index >= 15 is 4.39 Å². The molecule has 0 aliphatic carbocycles. The van der Waals surface area contributed by atoms with Crippen LogP contribution in [0.4, 0.5) is 20.3 Å². The van der Waals surface area contributed by atoms with Gasteiger partial charge in [-0.05, 0) is 61.5 Å². The number of aryl methyl sites for hydroxylation is 1. The molecule has 4 aromatic rings. The Morgan fingerprint density at radius 1 is 1.11 bits per heavy atom. The Bertz CT molecular complexity index is 1950. The molecule has 0 spiro atoms. The highest BCUT2D eigenvalue weighted by molar-refractivity contribution is 6.03. The quantitative estimate of drug-likeness (QED) is 0.211. The lowest BCUT2D eigenvalue weighted by Gasteiger charge is -2.20. The van der Waals surface area contributed by atoms with E-state index in [-0.39, 0.29) is 35.0 Å². The smallest absolute Gasteiger partial charge is 0.335 e. The average Bonchev–Trinajstić information content (AvgIpc) is 3.01. The van der Waals surface area contributed by atoms with Crippen molar-refractivity contribution in [2.75, 3.05) is 10.6 Å². The Morgan fingerprint density at radius 2 is 1.91 bits per heavy atom. The van der Waals surface area contributed by atoms with E-state index < -0.39 is 28.8 Å². The molecule has 0 bridgehead atoms. The van der Waals surface area contributed by atoms with Crippen LogP contribution >= 0.6 is 0 Å². The van der Waals surface area contributed by atoms with E-state index in [0.29, 0.717) is 17.2 Å². The number of halogens is 2. The topological polar surface area (TPSA) is 143 Å². The largest absolute Gasteiger partial charge is 0.452 e. The molecule has 5 rings (SSSR count). The summed E-state index contributed by atoms with van der Waals surface area (Å²) in [5, 5.41) is 16.0. The maximum absolute atomic E-state index is 15.2. The third kappa shape index (κ3) is 6.36. The number of hydrogen-bond donors (Lipinski definition) is 4. The summed E-state index contributed by atoms with van der Waals surface area (Å²) in [6, 6.07) is 13.7. The lowest BCUT2D eigenvalue weighted by Crippen LogP contribution is -2.42. The number of pyridine rings is 1. The Balaban J connectivity index is 1.39. The summed E-state index contributed by atoms with van der Waals surface area (Å²) < 4.78 is 36.4. The van der Waals surface area contributed by atoms with Crippen molar-refractivity contribution in [3.8, 4) is 11.4 Å². The van der Waals surface area contributed by atoms with Gasteiger partial charge < -0.3 is 26.1 Å². The third-order valence-electron chi connectivity index (χ3n) is 6.36. The number of amides is 1. The second kappa shape index (κ2) is 12.8. The van der Waals surface area contributed by atoms with Gasteiger partial charge >= 0.3 is 5.69 Å². The maximum Gasteiger partial charge on any atom is 0.335 e. The van der Waals surface area contributed by atoms with E-state index in [1.807, 2.05) is 6.07 Å². The van der Waals surface area contributed by atoms with Crippen molar-refractivity contribution >= 4 is 23.6 Å². The molecule has 1 aliphatic rings. The number of aromatic nitrogens is 3. The number of carbonyl (C=O) groups is 1. The lowest BCUT2D eigenvalue weighted by atomic mass is 10.2. The van der Waals surface area contributed by atoms with Crippen LogP contribution in [0.2, 0.25) is 0 Å². The highest BCUT2D eigenvalue weighted by Crippen LogP contribution is 2.27. The number of hydrogen-bond acceptors (Lipinski definition) is 8. The number of dihydropyridines is 1. The monoisotopic (exact) mass is 597 g/mol. The molecular weight excluding hydrogens is 572 g/mol. The molecule has 222 valence electrons. The second-order valence-corrected chi connectivity index (χ2v) is 9.27. The fourth-order valence-electron chi connectivity index (χ4n) is 4.22. The zero-order valence-electron chi connectivity index (χ0n) is 23.2. The van der Waals surface area contributed by atoms with Crippen molar-refractivity contribution in [2.24, 2.45) is 0 Å². The van der Waals surface area contributed by atoms with Gasteiger partial charge in [0.1, 0.15) is 17.2 Å². The summed E-state index contributed by atoms with van der Waals surface area (Å²) in [6.45, 7) is 1.80. The number of rotatable bonds is 9. The summed E-state index contributed by atoms with van der Waals surface area (Å²) in [6.07, 6.45) is 8.46. The molecule has 0 unspecified atom stereocenters. The predicted octanol–water partition coefficient (Wildman–Crippen LogP) is 4.30. The molecule has 0 fully saturated rings. The van der Waals surface area contributed by atoms with Gasteiger partial charge in [-0.15, -0.1) is 0 Å². The Morgan fingerprint density at radius 3 is 2.59 bits per heavy atom. The maximum atomic E-state index is 15.2. The van der Waals surface area contributed by atoms with Crippen molar-refractivity contribution in [2.45, 2.75) is 13.5 Å². The first-order valence-electron chi connectivity index (χ1n) is 13.3. The van der Waals surface area contributed by atoms with E-state index in [4.69, 9.17) is 10.1 Å². The van der Waals surface area contributed by atoms with E-state index in [0.717, 1.165) is 39.7 Å². The molecule has 2 aromatic carbocycles. The Kier molecular flexibility index (Phi) is 8.56. The van der Waals surface area contributed by atoms with Gasteiger partial charge in [0.2, 0.25) is 0 Å². The standard InChI is InChI=1S/C31H25F2N7O4/c1-2-39-18-23(30(42)40(31(39)43)22-9-6-19(32)7-10-22)29(41)38-20-8-11-26(24(33)15-20)44-27-16-21(17-36-25(27)12-13-34)37-28-5-3-4-14-35-28/h3-18,34,36H,2H2,1H3,(H,35,37)(H,38,41)/b25-12-,34-13?. The summed E-state index contributed by atoms with van der Waals surface area (Å²) >= 11 is 0. The molecular formula is C31H25F2N7O4. The zero-order valence-corrected chi connectivity index (χ0v) is 23.2. The molecule has 4 N–H and O–H groups in total. The number of allylic oxidation sites excluding steroid dienone is 2. The summed E-state index contributed by atoms with van der Waals surface area (Å²) in [5.41, 5.74) is -0.945. The highest BCUT2D eigenvalue weighted by Gasteiger charge is 2.20. The fraction of sp³-hybridized carbons (Fsp3) is 0.0645. The van der Waals surface area contributed by atoms with Crippen molar-refractivity contribution in [1.29, 1.82) is 5.41 Å². The molecule has 0 saturated heterocycles. The molecule has 44 heavy (non-hydrogen) atoms. The third-order valence-corrected chi connectivity index (χ3v) is 6.36. The molecule has 3 heterocycles. The molecule has 2 aromatic heterocycles. The van der Waals surface area contributed by atoms with Gasteiger partial charge in [0.05, 0.1) is 17.1 Å². The van der Waals surface area contributed by atoms with E-state index in [1.165, 1.54) is 30.3 Å². The van der Waals surface area contributed by atoms with Crippen LogP contribution in [-0.4, -0.2) is 26.2 Å². The first-order valence-corrected chi connectivity index (χ1v) is 13.3. The predicted molar refractivity (Wildman–Crippen MR) is 161 cm³/mol. The van der Waals surface area contributed by atoms with Gasteiger partial charge in [0.25, 0.3) is 11.5 Å². The van der Waals surface area contributed by atoms with E-state index in [9.17, 15) is 18.8 Å². The van der Waals surface area contributed by atoms with E-state index in [1.54, 1.807) is 37.5 Å². The molecule has 0 atom stereocenters. The van der Waals surface area contributed by atoms with Crippen LogP contribution in [0.5, 0.6) is 5.75 Å². The number of carbonyl (C=O) groups excluding carboxylic acids is 1. The van der Waals surface area contributed by atoms with Crippen molar-refractivity contribution in [3.05, 3.63) is 147 Å². The minimum absolute atomic E-state index is 0.0187. The normalized spacial score (nSPS) is 13.4. The van der Waals surface area contributed by atoms with Crippen LogP contribution in [0.3, 0.4) is 0 Å². The first-order chi connectivity index (χ1) is 21.3. The fourth-order valence-corrected chi connectivity index (χ4v) is 4.22. The van der Waals surface area contributed by atoms with Crippen molar-refractivity contribution < 1.29 is 18.3 Å². The van der Waals surface area contributed by atoms with Crippen LogP contribution in [-0.2, 0) is 6.54 Å². The van der Waals surface area contributed by atoms with E-state index in [2.05, 4.69) is 20.9 Å². The van der Waals surface area contributed by atoms with Gasteiger partial charge in [-0.1, -0.05) is 6.07 Å². The van der Waals surface area contributed by atoms with Crippen molar-refractivity contribution in [3.63, 3.8) is 0 Å². The average molecular weight is 598 g/mol. The van der Waals surface area contributed by atoms with Gasteiger partial charge in [-0.25, -0.2) is 23.1 Å². The van der Waals surface area contributed by atoms with Gasteiger partial charge in [-0.2, -0.15) is 0 Å².